The molecule has 0 atom stereocenters. The summed E-state index contributed by atoms with van der Waals surface area (Å²) in [4.78, 5) is 0.855. The van der Waals surface area contributed by atoms with Gasteiger partial charge in [0.15, 0.2) is 0 Å². The Morgan fingerprint density at radius 2 is 1.57 bits per heavy atom. The first-order valence-electron chi connectivity index (χ1n) is 4.07. The molecule has 2 aromatic rings. The SMILES string of the molecule is C=c1cc([S-])c2ccccc2c1=C.[Na+]. The summed E-state index contributed by atoms with van der Waals surface area (Å²) >= 11 is 5.23. The van der Waals surface area contributed by atoms with E-state index in [1.165, 1.54) is 0 Å². The van der Waals surface area contributed by atoms with Gasteiger partial charge < -0.3 is 12.6 Å². The molecule has 64 valence electrons. The largest absolute Gasteiger partial charge is 1.00 e. The maximum atomic E-state index is 5.23. The Hall–Kier alpha value is -0.340. The number of benzene rings is 2. The Bertz CT molecular complexity index is 560. The Morgan fingerprint density at radius 3 is 2.21 bits per heavy atom. The van der Waals surface area contributed by atoms with Crippen LogP contribution in [0.25, 0.3) is 23.9 Å². The third-order valence-corrected chi connectivity index (χ3v) is 2.55. The van der Waals surface area contributed by atoms with Crippen LogP contribution in [0.2, 0.25) is 0 Å². The van der Waals surface area contributed by atoms with Gasteiger partial charge in [0.25, 0.3) is 0 Å². The van der Waals surface area contributed by atoms with Gasteiger partial charge in [-0.3, -0.25) is 0 Å². The molecule has 0 saturated carbocycles. The Labute approximate surface area is 111 Å². The van der Waals surface area contributed by atoms with E-state index in [2.05, 4.69) is 13.2 Å². The van der Waals surface area contributed by atoms with Crippen LogP contribution < -0.4 is 40.0 Å². The summed E-state index contributed by atoms with van der Waals surface area (Å²) in [6, 6.07) is 9.93. The van der Waals surface area contributed by atoms with Gasteiger partial charge in [-0.05, 0) is 21.2 Å². The van der Waals surface area contributed by atoms with Crippen LogP contribution >= 0.6 is 0 Å². The van der Waals surface area contributed by atoms with Crippen molar-refractivity contribution >= 4 is 36.6 Å². The van der Waals surface area contributed by atoms with Crippen LogP contribution in [0, 0.1) is 0 Å². The summed E-state index contributed by atoms with van der Waals surface area (Å²) in [7, 11) is 0. The summed E-state index contributed by atoms with van der Waals surface area (Å²) in [5, 5.41) is 4.10. The molecule has 0 amide bonds. The van der Waals surface area contributed by atoms with Crippen molar-refractivity contribution in [2.75, 3.05) is 0 Å². The molecule has 0 fully saturated rings. The normalized spacial score (nSPS) is 9.71. The summed E-state index contributed by atoms with van der Waals surface area (Å²) in [5.74, 6) is 0. The first-order chi connectivity index (χ1) is 6.20. The number of hydrogen-bond donors (Lipinski definition) is 0. The minimum atomic E-state index is 0. The van der Waals surface area contributed by atoms with Gasteiger partial charge in [0.2, 0.25) is 0 Å². The fourth-order valence-corrected chi connectivity index (χ4v) is 1.78. The second-order valence-corrected chi connectivity index (χ2v) is 3.50. The van der Waals surface area contributed by atoms with Gasteiger partial charge in [0, 0.05) is 0 Å². The smallest absolute Gasteiger partial charge is 0.779 e. The van der Waals surface area contributed by atoms with E-state index in [1.807, 2.05) is 30.3 Å². The molecule has 0 nitrogen and oxygen atoms in total. The first kappa shape index (κ1) is 11.7. The summed E-state index contributed by atoms with van der Waals surface area (Å²) in [5.41, 5.74) is 0. The van der Waals surface area contributed by atoms with E-state index in [1.54, 1.807) is 0 Å². The average molecular weight is 208 g/mol. The van der Waals surface area contributed by atoms with E-state index < -0.39 is 0 Å². The van der Waals surface area contributed by atoms with Crippen molar-refractivity contribution in [1.29, 1.82) is 0 Å². The molecule has 2 heteroatoms. The van der Waals surface area contributed by atoms with E-state index in [0.717, 1.165) is 26.1 Å². The Morgan fingerprint density at radius 1 is 1.00 bits per heavy atom. The molecule has 14 heavy (non-hydrogen) atoms. The van der Waals surface area contributed by atoms with E-state index >= 15 is 0 Å². The number of hydrogen-bond acceptors (Lipinski definition) is 1. The average Bonchev–Trinajstić information content (AvgIpc) is 2.15. The molecular formula is C12H9NaS. The van der Waals surface area contributed by atoms with Crippen molar-refractivity contribution < 1.29 is 29.6 Å². The fraction of sp³-hybridized carbons (Fsp3) is 0. The topological polar surface area (TPSA) is 0 Å². The van der Waals surface area contributed by atoms with Crippen molar-refractivity contribution in [2.24, 2.45) is 0 Å². The molecule has 0 aliphatic heterocycles. The molecule has 2 aromatic carbocycles. The quantitative estimate of drug-likeness (QED) is 0.378. The minimum Gasteiger partial charge on any atom is -0.779 e. The zero-order chi connectivity index (χ0) is 9.42. The monoisotopic (exact) mass is 208 g/mol. The zero-order valence-electron chi connectivity index (χ0n) is 8.21. The Balaban J connectivity index is 0.000000980. The van der Waals surface area contributed by atoms with Gasteiger partial charge in [-0.1, -0.05) is 43.5 Å². The van der Waals surface area contributed by atoms with Crippen LogP contribution in [-0.2, 0) is 12.6 Å². The van der Waals surface area contributed by atoms with Gasteiger partial charge in [0.1, 0.15) is 0 Å². The Kier molecular flexibility index (Phi) is 3.73. The second-order valence-electron chi connectivity index (χ2n) is 3.06. The first-order valence-corrected chi connectivity index (χ1v) is 4.47. The van der Waals surface area contributed by atoms with Crippen LogP contribution in [0.1, 0.15) is 0 Å². The van der Waals surface area contributed by atoms with Crippen LogP contribution in [0.3, 0.4) is 0 Å². The second kappa shape index (κ2) is 4.45. The van der Waals surface area contributed by atoms with Gasteiger partial charge in [-0.2, -0.15) is 4.90 Å². The van der Waals surface area contributed by atoms with Crippen molar-refractivity contribution in [3.63, 3.8) is 0 Å². The predicted octanol–water partition coefficient (Wildman–Crippen LogP) is -1.43. The molecular weight excluding hydrogens is 199 g/mol. The minimum absolute atomic E-state index is 0. The third-order valence-electron chi connectivity index (χ3n) is 2.21. The van der Waals surface area contributed by atoms with E-state index in [0.29, 0.717) is 0 Å². The maximum Gasteiger partial charge on any atom is 1.00 e. The van der Waals surface area contributed by atoms with Crippen molar-refractivity contribution in [3.8, 4) is 0 Å². The molecule has 0 aliphatic rings. The van der Waals surface area contributed by atoms with Gasteiger partial charge in [-0.15, -0.1) is 0 Å². The van der Waals surface area contributed by atoms with Gasteiger partial charge in [0.05, 0.1) is 0 Å². The van der Waals surface area contributed by atoms with Crippen LogP contribution in [0.4, 0.5) is 0 Å². The fourth-order valence-electron chi connectivity index (χ4n) is 1.46. The van der Waals surface area contributed by atoms with Gasteiger partial charge in [-0.25, -0.2) is 0 Å². The standard InChI is InChI=1S/C12H10S.Na/c1-8-7-12(13)11-6-4-3-5-10(11)9(8)2;/h3-7,13H,1-2H2;/q;+1/p-1. The predicted molar refractivity (Wildman–Crippen MR) is 59.9 cm³/mol. The van der Waals surface area contributed by atoms with E-state index in [-0.39, 0.29) is 29.6 Å². The van der Waals surface area contributed by atoms with Gasteiger partial charge >= 0.3 is 29.6 Å². The van der Waals surface area contributed by atoms with E-state index in [4.69, 9.17) is 12.6 Å². The van der Waals surface area contributed by atoms with Crippen molar-refractivity contribution in [2.45, 2.75) is 4.90 Å². The maximum absolute atomic E-state index is 5.23. The molecule has 0 aliphatic carbocycles. The number of rotatable bonds is 0. The molecule has 0 heterocycles. The molecule has 2 rings (SSSR count). The molecule has 0 unspecified atom stereocenters. The van der Waals surface area contributed by atoms with Crippen LogP contribution in [0.15, 0.2) is 35.2 Å². The molecule has 0 bridgehead atoms. The summed E-state index contributed by atoms with van der Waals surface area (Å²) in [6.45, 7) is 7.88. The van der Waals surface area contributed by atoms with Crippen LogP contribution in [-0.4, -0.2) is 0 Å². The molecule has 0 radical (unpaired) electrons. The van der Waals surface area contributed by atoms with Crippen molar-refractivity contribution in [1.82, 2.24) is 0 Å². The molecule has 0 N–H and O–H groups in total. The zero-order valence-corrected chi connectivity index (χ0v) is 11.0. The van der Waals surface area contributed by atoms with Crippen LogP contribution in [0.5, 0.6) is 0 Å². The van der Waals surface area contributed by atoms with Crippen molar-refractivity contribution in [3.05, 3.63) is 40.8 Å². The molecule has 0 spiro atoms. The summed E-state index contributed by atoms with van der Waals surface area (Å²) in [6.07, 6.45) is 0. The summed E-state index contributed by atoms with van der Waals surface area (Å²) < 4.78 is 0. The van der Waals surface area contributed by atoms with E-state index in [9.17, 15) is 0 Å². The number of fused-ring (bicyclic) bond motifs is 1. The molecule has 0 aromatic heterocycles. The third kappa shape index (κ3) is 1.86. The molecule has 0 saturated heterocycles.